The van der Waals surface area contributed by atoms with Crippen LogP contribution in [0.2, 0.25) is 0 Å². The van der Waals surface area contributed by atoms with Gasteiger partial charge in [-0.2, -0.15) is 16.4 Å². The Balaban J connectivity index is 1.70. The van der Waals surface area contributed by atoms with E-state index in [1.807, 2.05) is 22.9 Å². The first-order chi connectivity index (χ1) is 14.3. The molecule has 0 fully saturated rings. The Morgan fingerprint density at radius 2 is 2.00 bits per heavy atom. The zero-order chi connectivity index (χ0) is 21.3. The van der Waals surface area contributed by atoms with Crippen molar-refractivity contribution in [3.63, 3.8) is 0 Å². The van der Waals surface area contributed by atoms with Crippen molar-refractivity contribution in [1.29, 1.82) is 0 Å². The number of thiophene rings is 1. The minimum absolute atomic E-state index is 0.215. The molecule has 9 heteroatoms. The average Bonchev–Trinajstić information content (AvgIpc) is 3.36. The molecule has 0 aliphatic carbocycles. The molecule has 1 atom stereocenters. The van der Waals surface area contributed by atoms with E-state index in [1.165, 1.54) is 34.5 Å². The van der Waals surface area contributed by atoms with Crippen molar-refractivity contribution in [1.82, 2.24) is 5.01 Å². The van der Waals surface area contributed by atoms with Crippen LogP contribution in [-0.4, -0.2) is 31.3 Å². The maximum atomic E-state index is 13.6. The number of carbonyl (C=O) groups excluding carboxylic acids is 1. The number of nitrogens with zero attached hydrogens (tertiary/aromatic N) is 2. The maximum Gasteiger partial charge on any atom is 0.274 e. The summed E-state index contributed by atoms with van der Waals surface area (Å²) in [7, 11) is -3.42. The van der Waals surface area contributed by atoms with E-state index >= 15 is 0 Å². The van der Waals surface area contributed by atoms with Crippen LogP contribution in [-0.2, 0) is 10.0 Å². The SMILES string of the molecule is CS(=O)(=O)Nc1cccc(C2=NN(C(=O)c3cccc(F)c3)[C@H](c3ccsc3)C2)c1. The minimum atomic E-state index is -3.42. The van der Waals surface area contributed by atoms with Gasteiger partial charge in [0.05, 0.1) is 18.0 Å². The Bertz CT molecular complexity index is 1220. The van der Waals surface area contributed by atoms with Gasteiger partial charge in [-0.3, -0.25) is 9.52 Å². The molecule has 1 N–H and O–H groups in total. The number of benzene rings is 2. The lowest BCUT2D eigenvalue weighted by atomic mass is 10.00. The van der Waals surface area contributed by atoms with Gasteiger partial charge in [0.2, 0.25) is 10.0 Å². The van der Waals surface area contributed by atoms with Crippen molar-refractivity contribution in [2.45, 2.75) is 12.5 Å². The summed E-state index contributed by atoms with van der Waals surface area (Å²) in [5, 5.41) is 9.80. The van der Waals surface area contributed by atoms with Gasteiger partial charge in [-0.05, 0) is 58.3 Å². The molecule has 0 unspecified atom stereocenters. The van der Waals surface area contributed by atoms with Crippen molar-refractivity contribution in [2.75, 3.05) is 11.0 Å². The fourth-order valence-corrected chi connectivity index (χ4v) is 4.59. The lowest BCUT2D eigenvalue weighted by Crippen LogP contribution is -2.26. The predicted molar refractivity (Wildman–Crippen MR) is 116 cm³/mol. The number of halogens is 1. The average molecular weight is 444 g/mol. The Labute approximate surface area is 177 Å². The van der Waals surface area contributed by atoms with Gasteiger partial charge in [0, 0.05) is 17.7 Å². The lowest BCUT2D eigenvalue weighted by molar-refractivity contribution is 0.0711. The largest absolute Gasteiger partial charge is 0.284 e. The summed E-state index contributed by atoms with van der Waals surface area (Å²) in [4.78, 5) is 13.1. The molecule has 0 radical (unpaired) electrons. The van der Waals surface area contributed by atoms with Crippen LogP contribution in [0.1, 0.15) is 33.9 Å². The zero-order valence-corrected chi connectivity index (χ0v) is 17.6. The highest BCUT2D eigenvalue weighted by molar-refractivity contribution is 7.92. The highest BCUT2D eigenvalue weighted by Crippen LogP contribution is 2.35. The van der Waals surface area contributed by atoms with Crippen molar-refractivity contribution in [3.05, 3.63) is 87.9 Å². The molecule has 1 aromatic heterocycles. The minimum Gasteiger partial charge on any atom is -0.284 e. The van der Waals surface area contributed by atoms with E-state index in [0.29, 0.717) is 23.4 Å². The molecule has 0 saturated heterocycles. The van der Waals surface area contributed by atoms with Gasteiger partial charge in [-0.25, -0.2) is 17.8 Å². The quantitative estimate of drug-likeness (QED) is 0.640. The summed E-state index contributed by atoms with van der Waals surface area (Å²) in [6.07, 6.45) is 1.54. The molecule has 2 aromatic carbocycles. The third-order valence-electron chi connectivity index (χ3n) is 4.62. The molecule has 154 valence electrons. The van der Waals surface area contributed by atoms with E-state index in [9.17, 15) is 17.6 Å². The summed E-state index contributed by atoms with van der Waals surface area (Å²) in [6.45, 7) is 0. The van der Waals surface area contributed by atoms with Gasteiger partial charge in [-0.15, -0.1) is 0 Å². The number of hydrogen-bond acceptors (Lipinski definition) is 5. The smallest absolute Gasteiger partial charge is 0.274 e. The summed E-state index contributed by atoms with van der Waals surface area (Å²) in [5.74, 6) is -0.887. The molecule has 2 heterocycles. The van der Waals surface area contributed by atoms with Crippen LogP contribution in [0.25, 0.3) is 0 Å². The molecule has 1 aliphatic rings. The third-order valence-corrected chi connectivity index (χ3v) is 5.92. The van der Waals surface area contributed by atoms with Crippen molar-refractivity contribution in [3.8, 4) is 0 Å². The molecular weight excluding hydrogens is 425 g/mol. The number of amides is 1. The van der Waals surface area contributed by atoms with Crippen LogP contribution >= 0.6 is 11.3 Å². The van der Waals surface area contributed by atoms with Crippen LogP contribution in [0, 0.1) is 5.82 Å². The fourth-order valence-electron chi connectivity index (χ4n) is 3.33. The molecule has 3 aromatic rings. The highest BCUT2D eigenvalue weighted by atomic mass is 32.2. The van der Waals surface area contributed by atoms with Gasteiger partial charge >= 0.3 is 0 Å². The Kier molecular flexibility index (Phi) is 5.40. The number of rotatable bonds is 5. The van der Waals surface area contributed by atoms with E-state index in [0.717, 1.165) is 11.8 Å². The fraction of sp³-hybridized carbons (Fsp3) is 0.143. The van der Waals surface area contributed by atoms with Gasteiger partial charge < -0.3 is 0 Å². The molecular formula is C21H18FN3O3S2. The molecule has 1 amide bonds. The van der Waals surface area contributed by atoms with Crippen molar-refractivity contribution < 1.29 is 17.6 Å². The molecule has 0 saturated carbocycles. The summed E-state index contributed by atoms with van der Waals surface area (Å²) in [6, 6.07) is 14.0. The van der Waals surface area contributed by atoms with Crippen LogP contribution in [0.5, 0.6) is 0 Å². The second-order valence-corrected chi connectivity index (χ2v) is 9.47. The number of carbonyl (C=O) groups is 1. The highest BCUT2D eigenvalue weighted by Gasteiger charge is 2.34. The number of hydrazone groups is 1. The second-order valence-electron chi connectivity index (χ2n) is 6.94. The third kappa shape index (κ3) is 4.42. The number of anilines is 1. The first-order valence-electron chi connectivity index (χ1n) is 9.07. The van der Waals surface area contributed by atoms with Crippen molar-refractivity contribution >= 4 is 38.7 Å². The molecule has 0 spiro atoms. The Hall–Kier alpha value is -3.04. The first-order valence-corrected chi connectivity index (χ1v) is 11.9. The predicted octanol–water partition coefficient (Wildman–Crippen LogP) is 4.25. The zero-order valence-electron chi connectivity index (χ0n) is 15.9. The van der Waals surface area contributed by atoms with Crippen molar-refractivity contribution in [2.24, 2.45) is 5.10 Å². The van der Waals surface area contributed by atoms with Crippen LogP contribution in [0.4, 0.5) is 10.1 Å². The standard InChI is InChI=1S/C21H18FN3O3S2/c1-30(27,28)24-18-7-3-4-14(11-18)19-12-20(16-8-9-29-13-16)25(23-19)21(26)15-5-2-6-17(22)10-15/h2-11,13,20,24H,12H2,1H3/t20-/m0/s1. The first kappa shape index (κ1) is 20.2. The van der Waals surface area contributed by atoms with Crippen LogP contribution in [0.15, 0.2) is 70.5 Å². The van der Waals surface area contributed by atoms with Gasteiger partial charge in [0.15, 0.2) is 0 Å². The summed E-state index contributed by atoms with van der Waals surface area (Å²) >= 11 is 1.52. The topological polar surface area (TPSA) is 78.8 Å². The van der Waals surface area contributed by atoms with E-state index in [2.05, 4.69) is 9.82 Å². The number of nitrogens with one attached hydrogen (secondary N) is 1. The molecule has 6 nitrogen and oxygen atoms in total. The summed E-state index contributed by atoms with van der Waals surface area (Å²) < 4.78 is 39.2. The lowest BCUT2D eigenvalue weighted by Gasteiger charge is -2.21. The summed E-state index contributed by atoms with van der Waals surface area (Å²) in [5.41, 5.74) is 2.92. The van der Waals surface area contributed by atoms with Crippen LogP contribution < -0.4 is 4.72 Å². The van der Waals surface area contributed by atoms with E-state index in [1.54, 1.807) is 24.3 Å². The second kappa shape index (κ2) is 8.00. The van der Waals surface area contributed by atoms with E-state index < -0.39 is 21.7 Å². The van der Waals surface area contributed by atoms with Gasteiger partial charge in [-0.1, -0.05) is 18.2 Å². The molecule has 4 rings (SSSR count). The monoisotopic (exact) mass is 443 g/mol. The van der Waals surface area contributed by atoms with Gasteiger partial charge in [0.25, 0.3) is 5.91 Å². The molecule has 1 aliphatic heterocycles. The Morgan fingerprint density at radius 1 is 1.20 bits per heavy atom. The van der Waals surface area contributed by atoms with Crippen LogP contribution in [0.3, 0.4) is 0 Å². The molecule has 0 bridgehead atoms. The van der Waals surface area contributed by atoms with E-state index in [4.69, 9.17) is 0 Å². The normalized spacial score (nSPS) is 16.4. The number of sulfonamides is 1. The Morgan fingerprint density at radius 3 is 2.70 bits per heavy atom. The number of hydrogen-bond donors (Lipinski definition) is 1. The van der Waals surface area contributed by atoms with Gasteiger partial charge in [0.1, 0.15) is 5.82 Å². The maximum absolute atomic E-state index is 13.6. The molecule has 30 heavy (non-hydrogen) atoms. The van der Waals surface area contributed by atoms with E-state index in [-0.39, 0.29) is 11.6 Å².